The van der Waals surface area contributed by atoms with Crippen molar-refractivity contribution >= 4 is 12.1 Å². The number of esters is 1. The smallest absolute Gasteiger partial charge is 0.407 e. The third kappa shape index (κ3) is 7.60. The van der Waals surface area contributed by atoms with Crippen LogP contribution in [0.3, 0.4) is 0 Å². The topological polar surface area (TPSA) is 64.6 Å². The summed E-state index contributed by atoms with van der Waals surface area (Å²) in [6.07, 6.45) is 0.572. The van der Waals surface area contributed by atoms with Crippen molar-refractivity contribution in [1.29, 1.82) is 0 Å². The Morgan fingerprint density at radius 2 is 1.55 bits per heavy atom. The van der Waals surface area contributed by atoms with E-state index >= 15 is 0 Å². The van der Waals surface area contributed by atoms with E-state index in [-0.39, 0.29) is 17.9 Å². The number of carbonyl (C=O) groups is 2. The Morgan fingerprint density at radius 1 is 0.966 bits per heavy atom. The van der Waals surface area contributed by atoms with Crippen LogP contribution in [0.4, 0.5) is 4.79 Å². The first kappa shape index (κ1) is 22.5. The molecular weight excluding hydrogens is 366 g/mol. The molecule has 156 valence electrons. The van der Waals surface area contributed by atoms with Gasteiger partial charge in [-0.15, -0.1) is 0 Å². The van der Waals surface area contributed by atoms with Crippen molar-refractivity contribution in [2.75, 3.05) is 7.11 Å². The molecule has 5 nitrogen and oxygen atoms in total. The number of hydrogen-bond acceptors (Lipinski definition) is 4. The summed E-state index contributed by atoms with van der Waals surface area (Å²) in [6, 6.07) is 18.1. The molecule has 0 radical (unpaired) electrons. The molecule has 0 aliphatic rings. The van der Waals surface area contributed by atoms with Crippen molar-refractivity contribution in [3.05, 3.63) is 60.2 Å². The van der Waals surface area contributed by atoms with E-state index < -0.39 is 11.7 Å². The molecule has 0 saturated carbocycles. The van der Waals surface area contributed by atoms with Gasteiger partial charge in [0.25, 0.3) is 0 Å². The molecule has 29 heavy (non-hydrogen) atoms. The van der Waals surface area contributed by atoms with Gasteiger partial charge in [-0.25, -0.2) is 4.79 Å². The van der Waals surface area contributed by atoms with E-state index in [0.717, 1.165) is 16.7 Å². The zero-order valence-electron chi connectivity index (χ0n) is 17.9. The molecule has 1 N–H and O–H groups in total. The Hall–Kier alpha value is -2.82. The standard InChI is InChI=1S/C24H31NO4/c1-17(22(26)28-5)15-21(25-23(27)29-24(2,3)4)16-18-11-13-20(14-12-18)19-9-7-6-8-10-19/h6-14,17,21H,15-16H2,1-5H3,(H,25,27). The van der Waals surface area contributed by atoms with E-state index in [0.29, 0.717) is 12.8 Å². The number of carbonyl (C=O) groups excluding carboxylic acids is 2. The third-order valence-corrected chi connectivity index (χ3v) is 4.51. The highest BCUT2D eigenvalue weighted by Crippen LogP contribution is 2.21. The van der Waals surface area contributed by atoms with Gasteiger partial charge in [-0.05, 0) is 50.3 Å². The predicted octanol–water partition coefficient (Wildman–Crippen LogP) is 4.99. The van der Waals surface area contributed by atoms with Crippen LogP contribution in [0.25, 0.3) is 11.1 Å². The number of hydrogen-bond donors (Lipinski definition) is 1. The largest absolute Gasteiger partial charge is 0.469 e. The zero-order chi connectivity index (χ0) is 21.4. The summed E-state index contributed by atoms with van der Waals surface area (Å²) in [6.45, 7) is 7.26. The van der Waals surface area contributed by atoms with Crippen LogP contribution in [-0.2, 0) is 20.7 Å². The second-order valence-electron chi connectivity index (χ2n) is 8.27. The fourth-order valence-electron chi connectivity index (χ4n) is 3.14. The molecule has 0 fully saturated rings. The highest BCUT2D eigenvalue weighted by molar-refractivity contribution is 5.72. The van der Waals surface area contributed by atoms with Crippen LogP contribution in [0.1, 0.15) is 39.7 Å². The molecule has 0 spiro atoms. The SMILES string of the molecule is COC(=O)C(C)CC(Cc1ccc(-c2ccccc2)cc1)NC(=O)OC(C)(C)C. The van der Waals surface area contributed by atoms with Gasteiger partial charge in [0.05, 0.1) is 13.0 Å². The minimum absolute atomic E-state index is 0.249. The number of methoxy groups -OCH3 is 1. The van der Waals surface area contributed by atoms with Gasteiger partial charge in [-0.1, -0.05) is 61.5 Å². The van der Waals surface area contributed by atoms with Gasteiger partial charge in [-0.2, -0.15) is 0 Å². The van der Waals surface area contributed by atoms with E-state index in [1.165, 1.54) is 7.11 Å². The molecule has 2 unspecified atom stereocenters. The monoisotopic (exact) mass is 397 g/mol. The number of amides is 1. The first-order chi connectivity index (χ1) is 13.7. The van der Waals surface area contributed by atoms with Crippen LogP contribution in [-0.4, -0.2) is 30.8 Å². The Bertz CT molecular complexity index is 794. The fraction of sp³-hybridized carbons (Fsp3) is 0.417. The summed E-state index contributed by atoms with van der Waals surface area (Å²) in [5.41, 5.74) is 2.78. The molecule has 0 heterocycles. The van der Waals surface area contributed by atoms with Crippen molar-refractivity contribution in [2.24, 2.45) is 5.92 Å². The lowest BCUT2D eigenvalue weighted by atomic mass is 9.95. The third-order valence-electron chi connectivity index (χ3n) is 4.51. The normalized spacial score (nSPS) is 13.3. The molecule has 1 amide bonds. The van der Waals surface area contributed by atoms with E-state index in [4.69, 9.17) is 9.47 Å². The Labute approximate surface area is 173 Å². The minimum atomic E-state index is -0.583. The Kier molecular flexibility index (Phi) is 7.82. The maximum Gasteiger partial charge on any atom is 0.407 e. The summed E-state index contributed by atoms with van der Waals surface area (Å²) in [5.74, 6) is -0.621. The van der Waals surface area contributed by atoms with Crippen molar-refractivity contribution < 1.29 is 19.1 Å². The number of rotatable bonds is 7. The summed E-state index contributed by atoms with van der Waals surface area (Å²) in [5, 5.41) is 2.91. The zero-order valence-corrected chi connectivity index (χ0v) is 17.9. The second-order valence-corrected chi connectivity index (χ2v) is 8.27. The summed E-state index contributed by atoms with van der Waals surface area (Å²) in [7, 11) is 1.37. The first-order valence-corrected chi connectivity index (χ1v) is 9.89. The average Bonchev–Trinajstić information content (AvgIpc) is 2.67. The lowest BCUT2D eigenvalue weighted by Gasteiger charge is -2.25. The van der Waals surface area contributed by atoms with Gasteiger partial charge in [0.2, 0.25) is 0 Å². The van der Waals surface area contributed by atoms with Gasteiger partial charge in [-0.3, -0.25) is 4.79 Å². The van der Waals surface area contributed by atoms with Gasteiger partial charge >= 0.3 is 12.1 Å². The van der Waals surface area contributed by atoms with Crippen molar-refractivity contribution in [1.82, 2.24) is 5.32 Å². The molecule has 0 aromatic heterocycles. The van der Waals surface area contributed by atoms with Crippen LogP contribution in [0, 0.1) is 5.92 Å². The molecular formula is C24H31NO4. The van der Waals surface area contributed by atoms with Crippen LogP contribution in [0.5, 0.6) is 0 Å². The van der Waals surface area contributed by atoms with Gasteiger partial charge in [0.15, 0.2) is 0 Å². The summed E-state index contributed by atoms with van der Waals surface area (Å²) >= 11 is 0. The molecule has 0 aliphatic heterocycles. The Morgan fingerprint density at radius 3 is 2.10 bits per heavy atom. The minimum Gasteiger partial charge on any atom is -0.469 e. The lowest BCUT2D eigenvalue weighted by Crippen LogP contribution is -2.41. The molecule has 0 bridgehead atoms. The van der Waals surface area contributed by atoms with Crippen LogP contribution in [0.15, 0.2) is 54.6 Å². The highest BCUT2D eigenvalue weighted by Gasteiger charge is 2.24. The van der Waals surface area contributed by atoms with Crippen LogP contribution >= 0.6 is 0 Å². The predicted molar refractivity (Wildman–Crippen MR) is 115 cm³/mol. The van der Waals surface area contributed by atoms with Gasteiger partial charge in [0, 0.05) is 6.04 Å². The van der Waals surface area contributed by atoms with E-state index in [2.05, 4.69) is 41.7 Å². The molecule has 2 aromatic rings. The van der Waals surface area contributed by atoms with Crippen LogP contribution in [0.2, 0.25) is 0 Å². The number of nitrogens with one attached hydrogen (secondary N) is 1. The van der Waals surface area contributed by atoms with Gasteiger partial charge in [0.1, 0.15) is 5.60 Å². The maximum atomic E-state index is 12.3. The number of ether oxygens (including phenoxy) is 2. The van der Waals surface area contributed by atoms with E-state index in [1.54, 1.807) is 6.92 Å². The lowest BCUT2D eigenvalue weighted by molar-refractivity contribution is -0.145. The maximum absolute atomic E-state index is 12.3. The molecule has 0 aliphatic carbocycles. The van der Waals surface area contributed by atoms with Gasteiger partial charge < -0.3 is 14.8 Å². The average molecular weight is 398 g/mol. The molecule has 2 atom stereocenters. The Balaban J connectivity index is 2.11. The van der Waals surface area contributed by atoms with Crippen molar-refractivity contribution in [3.63, 3.8) is 0 Å². The highest BCUT2D eigenvalue weighted by atomic mass is 16.6. The van der Waals surface area contributed by atoms with E-state index in [1.807, 2.05) is 39.0 Å². The fourth-order valence-corrected chi connectivity index (χ4v) is 3.14. The quantitative estimate of drug-likeness (QED) is 0.669. The first-order valence-electron chi connectivity index (χ1n) is 9.89. The van der Waals surface area contributed by atoms with Crippen molar-refractivity contribution in [3.8, 4) is 11.1 Å². The molecule has 5 heteroatoms. The number of benzene rings is 2. The van der Waals surface area contributed by atoms with Crippen molar-refractivity contribution in [2.45, 2.75) is 52.2 Å². The summed E-state index contributed by atoms with van der Waals surface area (Å²) in [4.78, 5) is 24.1. The number of alkyl carbamates (subject to hydrolysis) is 1. The second kappa shape index (κ2) is 10.1. The molecule has 2 rings (SSSR count). The van der Waals surface area contributed by atoms with E-state index in [9.17, 15) is 9.59 Å². The van der Waals surface area contributed by atoms with Crippen LogP contribution < -0.4 is 5.32 Å². The molecule has 0 saturated heterocycles. The molecule has 2 aromatic carbocycles. The summed E-state index contributed by atoms with van der Waals surface area (Å²) < 4.78 is 10.2.